The maximum Gasteiger partial charge on any atom is 0.265 e. The molecule has 0 amide bonds. The molecule has 2 aromatic carbocycles. The van der Waals surface area contributed by atoms with Gasteiger partial charge in [-0.05, 0) is 35.9 Å². The van der Waals surface area contributed by atoms with Crippen molar-refractivity contribution in [2.24, 2.45) is 7.05 Å². The van der Waals surface area contributed by atoms with Crippen LogP contribution >= 0.6 is 11.6 Å². The summed E-state index contributed by atoms with van der Waals surface area (Å²) in [6.45, 7) is 0.260. The molecular weight excluding hydrogens is 537 g/mol. The van der Waals surface area contributed by atoms with Gasteiger partial charge in [-0.15, -0.1) is 0 Å². The number of hydrogen-bond donors (Lipinski definition) is 0. The lowest BCUT2D eigenvalue weighted by molar-refractivity contribution is 0.106. The zero-order chi connectivity index (χ0) is 27.4. The highest BCUT2D eigenvalue weighted by Gasteiger charge is 2.29. The first kappa shape index (κ1) is 27.3. The third-order valence-electron chi connectivity index (χ3n) is 5.50. The number of nitriles is 1. The van der Waals surface area contributed by atoms with E-state index in [0.29, 0.717) is 17.0 Å². The summed E-state index contributed by atoms with van der Waals surface area (Å²) in [7, 11) is -0.865. The molecule has 0 saturated heterocycles. The largest absolute Gasteiger partial charge is 0.497 e. The van der Waals surface area contributed by atoms with Crippen LogP contribution in [0.4, 0.5) is 4.39 Å². The van der Waals surface area contributed by atoms with Crippen LogP contribution < -0.4 is 4.74 Å². The molecule has 0 spiro atoms. The Morgan fingerprint density at radius 2 is 1.82 bits per heavy atom. The van der Waals surface area contributed by atoms with E-state index in [1.165, 1.54) is 39.7 Å². The monoisotopic (exact) mass is 559 g/mol. The van der Waals surface area contributed by atoms with Gasteiger partial charge < -0.3 is 9.47 Å². The van der Waals surface area contributed by atoms with Gasteiger partial charge in [0.15, 0.2) is 17.0 Å². The average Bonchev–Trinajstić information content (AvgIpc) is 3.44. The number of hydrogen-bond acceptors (Lipinski definition) is 8. The molecule has 0 bridgehead atoms. The molecule has 2 heterocycles. The van der Waals surface area contributed by atoms with Crippen LogP contribution in [-0.2, 0) is 39.3 Å². The minimum absolute atomic E-state index is 0.0118. The van der Waals surface area contributed by atoms with Crippen LogP contribution in [0.15, 0.2) is 54.6 Å². The predicted molar refractivity (Wildman–Crippen MR) is 136 cm³/mol. The van der Waals surface area contributed by atoms with Gasteiger partial charge in [0.2, 0.25) is 0 Å². The highest BCUT2D eigenvalue weighted by Crippen LogP contribution is 2.32. The Kier molecular flexibility index (Phi) is 8.13. The number of aromatic nitrogens is 4. The second-order valence-corrected chi connectivity index (χ2v) is 10.3. The second kappa shape index (κ2) is 11.3. The first-order valence-electron chi connectivity index (χ1n) is 11.1. The lowest BCUT2D eigenvalue weighted by Crippen LogP contribution is -2.19. The number of methoxy groups -OCH3 is 1. The standard InChI is InChI=1S/C25H23ClFN5O5S/c1-31-22(11-19(13-28)29-31)25(37-38(3,33)34)23-12-24(26)30-32(23)21-9-6-18(27)10-17(21)15-36-14-16-4-7-20(35-2)8-5-16/h4-12,25H,14-15H2,1-3H3. The van der Waals surface area contributed by atoms with Crippen LogP contribution in [0.25, 0.3) is 5.69 Å². The summed E-state index contributed by atoms with van der Waals surface area (Å²) < 4.78 is 57.8. The minimum Gasteiger partial charge on any atom is -0.497 e. The van der Waals surface area contributed by atoms with Crippen LogP contribution in [0, 0.1) is 17.1 Å². The Hall–Kier alpha value is -3.76. The zero-order valence-corrected chi connectivity index (χ0v) is 22.2. The molecule has 0 fully saturated rings. The molecule has 1 atom stereocenters. The van der Waals surface area contributed by atoms with Crippen LogP contribution in [0.2, 0.25) is 5.15 Å². The maximum atomic E-state index is 14.3. The lowest BCUT2D eigenvalue weighted by atomic mass is 10.1. The third kappa shape index (κ3) is 6.38. The summed E-state index contributed by atoms with van der Waals surface area (Å²) in [5, 5.41) is 17.7. The summed E-state index contributed by atoms with van der Waals surface area (Å²) in [5.74, 6) is 0.219. The number of ether oxygens (including phenoxy) is 2. The van der Waals surface area contributed by atoms with Gasteiger partial charge in [0.05, 0.1) is 43.7 Å². The highest BCUT2D eigenvalue weighted by atomic mass is 35.5. The molecule has 0 aliphatic rings. The van der Waals surface area contributed by atoms with E-state index < -0.39 is 22.0 Å². The van der Waals surface area contributed by atoms with Crippen LogP contribution in [0.1, 0.15) is 34.3 Å². The molecule has 1 unspecified atom stereocenters. The van der Waals surface area contributed by atoms with Gasteiger partial charge in [-0.2, -0.15) is 23.9 Å². The molecule has 4 rings (SSSR count). The molecule has 10 nitrogen and oxygen atoms in total. The fourth-order valence-electron chi connectivity index (χ4n) is 3.83. The van der Waals surface area contributed by atoms with E-state index in [-0.39, 0.29) is 35.4 Å². The summed E-state index contributed by atoms with van der Waals surface area (Å²) in [4.78, 5) is 0. The van der Waals surface area contributed by atoms with Crippen molar-refractivity contribution in [3.05, 3.63) is 93.8 Å². The lowest BCUT2D eigenvalue weighted by Gasteiger charge is -2.19. The van der Waals surface area contributed by atoms with E-state index >= 15 is 0 Å². The first-order valence-corrected chi connectivity index (χ1v) is 13.3. The van der Waals surface area contributed by atoms with Crippen molar-refractivity contribution in [2.75, 3.05) is 13.4 Å². The van der Waals surface area contributed by atoms with Crippen LogP contribution in [0.3, 0.4) is 0 Å². The van der Waals surface area contributed by atoms with Crippen molar-refractivity contribution in [1.29, 1.82) is 5.26 Å². The summed E-state index contributed by atoms with van der Waals surface area (Å²) >= 11 is 6.26. The van der Waals surface area contributed by atoms with Crippen LogP contribution in [-0.4, -0.2) is 41.3 Å². The average molecular weight is 560 g/mol. The van der Waals surface area contributed by atoms with Gasteiger partial charge in [-0.3, -0.25) is 8.86 Å². The van der Waals surface area contributed by atoms with E-state index in [1.807, 2.05) is 30.3 Å². The Morgan fingerprint density at radius 3 is 2.45 bits per heavy atom. The summed E-state index contributed by atoms with van der Waals surface area (Å²) in [5.41, 5.74) is 2.27. The van der Waals surface area contributed by atoms with Gasteiger partial charge >= 0.3 is 0 Å². The van der Waals surface area contributed by atoms with Crippen molar-refractivity contribution in [3.8, 4) is 17.5 Å². The van der Waals surface area contributed by atoms with Crippen LogP contribution in [0.5, 0.6) is 5.75 Å². The number of nitrogens with zero attached hydrogens (tertiary/aromatic N) is 5. The van der Waals surface area contributed by atoms with Gasteiger partial charge in [0.1, 0.15) is 17.6 Å². The molecule has 0 saturated carbocycles. The maximum absolute atomic E-state index is 14.3. The minimum atomic E-state index is -3.99. The summed E-state index contributed by atoms with van der Waals surface area (Å²) in [6, 6.07) is 16.1. The Balaban J connectivity index is 1.72. The number of halogens is 2. The highest BCUT2D eigenvalue weighted by molar-refractivity contribution is 7.86. The van der Waals surface area contributed by atoms with E-state index in [0.717, 1.165) is 11.8 Å². The van der Waals surface area contributed by atoms with E-state index in [2.05, 4.69) is 10.2 Å². The SMILES string of the molecule is COc1ccc(COCc2cc(F)ccc2-n2nc(Cl)cc2C(OS(C)(=O)=O)c2cc(C#N)nn2C)cc1. The first-order chi connectivity index (χ1) is 18.1. The summed E-state index contributed by atoms with van der Waals surface area (Å²) in [6.07, 6.45) is -0.358. The number of benzene rings is 2. The number of aryl methyl sites for hydroxylation is 1. The van der Waals surface area contributed by atoms with Crippen molar-refractivity contribution in [3.63, 3.8) is 0 Å². The fraction of sp³-hybridized carbons (Fsp3) is 0.240. The van der Waals surface area contributed by atoms with Gasteiger partial charge in [0, 0.05) is 24.7 Å². The van der Waals surface area contributed by atoms with E-state index in [1.54, 1.807) is 14.2 Å². The molecule has 198 valence electrons. The van der Waals surface area contributed by atoms with E-state index in [9.17, 15) is 18.1 Å². The van der Waals surface area contributed by atoms with Gasteiger partial charge in [0.25, 0.3) is 10.1 Å². The molecule has 2 aromatic heterocycles. The molecule has 0 N–H and O–H groups in total. The van der Waals surface area contributed by atoms with E-state index in [4.69, 9.17) is 25.3 Å². The topological polar surface area (TPSA) is 121 Å². The normalized spacial score (nSPS) is 12.3. The number of rotatable bonds is 10. The predicted octanol–water partition coefficient (Wildman–Crippen LogP) is 4.06. The molecule has 4 aromatic rings. The quantitative estimate of drug-likeness (QED) is 0.267. The molecular formula is C25H23ClFN5O5S. The van der Waals surface area contributed by atoms with Crippen molar-refractivity contribution in [2.45, 2.75) is 19.3 Å². The Labute approximate surface area is 223 Å². The zero-order valence-electron chi connectivity index (χ0n) is 20.6. The third-order valence-corrected chi connectivity index (χ3v) is 6.23. The Morgan fingerprint density at radius 1 is 1.08 bits per heavy atom. The van der Waals surface area contributed by atoms with Gasteiger partial charge in [-0.1, -0.05) is 23.7 Å². The molecule has 0 aliphatic carbocycles. The van der Waals surface area contributed by atoms with Crippen molar-refractivity contribution >= 4 is 21.7 Å². The van der Waals surface area contributed by atoms with Crippen molar-refractivity contribution < 1.29 is 26.5 Å². The fourth-order valence-corrected chi connectivity index (χ4v) is 4.56. The van der Waals surface area contributed by atoms with Crippen molar-refractivity contribution in [1.82, 2.24) is 19.6 Å². The van der Waals surface area contributed by atoms with Gasteiger partial charge in [-0.25, -0.2) is 9.07 Å². The second-order valence-electron chi connectivity index (χ2n) is 8.29. The molecule has 38 heavy (non-hydrogen) atoms. The molecule has 13 heteroatoms. The molecule has 0 radical (unpaired) electrons. The Bertz CT molecular complexity index is 1600. The molecule has 0 aliphatic heterocycles. The smallest absolute Gasteiger partial charge is 0.265 e.